The molecule has 0 radical (unpaired) electrons. The van der Waals surface area contributed by atoms with Crippen molar-refractivity contribution in [3.63, 3.8) is 0 Å². The summed E-state index contributed by atoms with van der Waals surface area (Å²) in [6.45, 7) is 3.23. The van der Waals surface area contributed by atoms with Crippen molar-refractivity contribution in [3.05, 3.63) is 30.1 Å². The largest absolute Gasteiger partial charge is 0.383 e. The number of nitrogens with two attached hydrogens (primary N) is 1. The number of methoxy groups -OCH3 is 1. The maximum atomic E-state index is 11.9. The van der Waals surface area contributed by atoms with Crippen LogP contribution < -0.4 is 5.73 Å². The number of carbonyl (C=O) groups excluding carboxylic acids is 1. The van der Waals surface area contributed by atoms with Gasteiger partial charge in [0.15, 0.2) is 0 Å². The van der Waals surface area contributed by atoms with Gasteiger partial charge in [0.25, 0.3) is 0 Å². The second-order valence-corrected chi connectivity index (χ2v) is 3.90. The van der Waals surface area contributed by atoms with Crippen molar-refractivity contribution >= 4 is 18.3 Å². The molecule has 1 amide bonds. The molecule has 0 bridgehead atoms. The SMILES string of the molecule is COCCN(Cc1cccnc1)C(=O)[C@@H](C)N.Cl. The van der Waals surface area contributed by atoms with Gasteiger partial charge in [-0.05, 0) is 18.6 Å². The first-order valence-electron chi connectivity index (χ1n) is 5.57. The molecule has 1 aromatic heterocycles. The average molecular weight is 274 g/mol. The Morgan fingerprint density at radius 2 is 2.33 bits per heavy atom. The second kappa shape index (κ2) is 8.85. The van der Waals surface area contributed by atoms with Crippen molar-refractivity contribution in [2.45, 2.75) is 19.5 Å². The Hall–Kier alpha value is -1.17. The fourth-order valence-electron chi connectivity index (χ4n) is 1.47. The van der Waals surface area contributed by atoms with Crippen molar-refractivity contribution in [2.24, 2.45) is 5.73 Å². The molecule has 1 rings (SSSR count). The first-order chi connectivity index (χ1) is 8.15. The van der Waals surface area contributed by atoms with Crippen LogP contribution in [0.2, 0.25) is 0 Å². The molecule has 18 heavy (non-hydrogen) atoms. The third kappa shape index (κ3) is 5.44. The van der Waals surface area contributed by atoms with Gasteiger partial charge in [-0.25, -0.2) is 0 Å². The third-order valence-corrected chi connectivity index (χ3v) is 2.36. The molecule has 0 unspecified atom stereocenters. The minimum atomic E-state index is -0.497. The smallest absolute Gasteiger partial charge is 0.239 e. The lowest BCUT2D eigenvalue weighted by atomic mass is 10.2. The Kier molecular flexibility index (Phi) is 8.28. The topological polar surface area (TPSA) is 68.5 Å². The van der Waals surface area contributed by atoms with Crippen molar-refractivity contribution in [2.75, 3.05) is 20.3 Å². The first kappa shape index (κ1) is 16.8. The van der Waals surface area contributed by atoms with E-state index < -0.39 is 6.04 Å². The molecule has 0 spiro atoms. The van der Waals surface area contributed by atoms with Gasteiger partial charge in [0, 0.05) is 32.6 Å². The predicted octanol–water partition coefficient (Wildman–Crippen LogP) is 0.826. The van der Waals surface area contributed by atoms with Gasteiger partial charge in [0.05, 0.1) is 12.6 Å². The van der Waals surface area contributed by atoms with E-state index >= 15 is 0 Å². The summed E-state index contributed by atoms with van der Waals surface area (Å²) in [7, 11) is 1.61. The van der Waals surface area contributed by atoms with Crippen LogP contribution in [0.3, 0.4) is 0 Å². The molecule has 2 N–H and O–H groups in total. The number of aromatic nitrogens is 1. The molecular weight excluding hydrogens is 254 g/mol. The van der Waals surface area contributed by atoms with Crippen LogP contribution in [0.25, 0.3) is 0 Å². The molecular formula is C12H20ClN3O2. The normalized spacial score (nSPS) is 11.5. The molecule has 0 saturated heterocycles. The van der Waals surface area contributed by atoms with Gasteiger partial charge in [0.2, 0.25) is 5.91 Å². The second-order valence-electron chi connectivity index (χ2n) is 3.90. The van der Waals surface area contributed by atoms with Crippen LogP contribution >= 0.6 is 12.4 Å². The lowest BCUT2D eigenvalue weighted by molar-refractivity contribution is -0.133. The summed E-state index contributed by atoms with van der Waals surface area (Å²) >= 11 is 0. The van der Waals surface area contributed by atoms with Crippen molar-refractivity contribution in [3.8, 4) is 0 Å². The molecule has 5 nitrogen and oxygen atoms in total. The maximum Gasteiger partial charge on any atom is 0.239 e. The molecule has 1 aromatic rings. The van der Waals surface area contributed by atoms with Crippen molar-refractivity contribution in [1.29, 1.82) is 0 Å². The molecule has 0 saturated carbocycles. The molecule has 0 aromatic carbocycles. The molecule has 6 heteroatoms. The van der Waals surface area contributed by atoms with Gasteiger partial charge in [0.1, 0.15) is 0 Å². The number of amides is 1. The summed E-state index contributed by atoms with van der Waals surface area (Å²) < 4.78 is 4.99. The zero-order valence-electron chi connectivity index (χ0n) is 10.7. The summed E-state index contributed by atoms with van der Waals surface area (Å²) in [5.74, 6) is -0.0779. The minimum Gasteiger partial charge on any atom is -0.383 e. The highest BCUT2D eigenvalue weighted by Crippen LogP contribution is 2.04. The van der Waals surface area contributed by atoms with E-state index in [1.165, 1.54) is 0 Å². The number of halogens is 1. The summed E-state index contributed by atoms with van der Waals surface area (Å²) in [6.07, 6.45) is 3.45. The quantitative estimate of drug-likeness (QED) is 0.833. The van der Waals surface area contributed by atoms with E-state index in [1.54, 1.807) is 31.3 Å². The Morgan fingerprint density at radius 3 is 2.83 bits per heavy atom. The van der Waals surface area contributed by atoms with Gasteiger partial charge >= 0.3 is 0 Å². The fourth-order valence-corrected chi connectivity index (χ4v) is 1.47. The number of ether oxygens (including phenoxy) is 1. The molecule has 0 aliphatic carbocycles. The van der Waals surface area contributed by atoms with Crippen LogP contribution in [-0.2, 0) is 16.1 Å². The molecule has 1 heterocycles. The van der Waals surface area contributed by atoms with Crippen LogP contribution in [0.5, 0.6) is 0 Å². The summed E-state index contributed by atoms with van der Waals surface area (Å²) in [4.78, 5) is 17.6. The van der Waals surface area contributed by atoms with Crippen molar-refractivity contribution in [1.82, 2.24) is 9.88 Å². The van der Waals surface area contributed by atoms with Crippen LogP contribution in [-0.4, -0.2) is 42.1 Å². The van der Waals surface area contributed by atoms with Gasteiger partial charge in [-0.3, -0.25) is 9.78 Å². The Labute approximate surface area is 114 Å². The lowest BCUT2D eigenvalue weighted by Crippen LogP contribution is -2.43. The van der Waals surface area contributed by atoms with E-state index in [-0.39, 0.29) is 18.3 Å². The summed E-state index contributed by atoms with van der Waals surface area (Å²) in [6, 6.07) is 3.28. The molecule has 1 atom stereocenters. The highest BCUT2D eigenvalue weighted by atomic mass is 35.5. The monoisotopic (exact) mass is 273 g/mol. The average Bonchev–Trinajstić information content (AvgIpc) is 2.34. The summed E-state index contributed by atoms with van der Waals surface area (Å²) in [5.41, 5.74) is 6.60. The Bertz CT molecular complexity index is 346. The predicted molar refractivity (Wildman–Crippen MR) is 72.4 cm³/mol. The first-order valence-corrected chi connectivity index (χ1v) is 5.57. The lowest BCUT2D eigenvalue weighted by Gasteiger charge is -2.24. The molecule has 0 aliphatic rings. The molecule has 0 fully saturated rings. The van der Waals surface area contributed by atoms with Gasteiger partial charge < -0.3 is 15.4 Å². The zero-order chi connectivity index (χ0) is 12.7. The highest BCUT2D eigenvalue weighted by Gasteiger charge is 2.17. The number of rotatable bonds is 6. The number of hydrogen-bond donors (Lipinski definition) is 1. The number of hydrogen-bond acceptors (Lipinski definition) is 4. The summed E-state index contributed by atoms with van der Waals surface area (Å²) in [5, 5.41) is 0. The zero-order valence-corrected chi connectivity index (χ0v) is 11.5. The van der Waals surface area contributed by atoms with Gasteiger partial charge in [-0.15, -0.1) is 12.4 Å². The van der Waals surface area contributed by atoms with Gasteiger partial charge in [-0.2, -0.15) is 0 Å². The third-order valence-electron chi connectivity index (χ3n) is 2.36. The Morgan fingerprint density at radius 1 is 1.61 bits per heavy atom. The van der Waals surface area contributed by atoms with Gasteiger partial charge in [-0.1, -0.05) is 6.07 Å². The van der Waals surface area contributed by atoms with E-state index in [2.05, 4.69) is 4.98 Å². The van der Waals surface area contributed by atoms with E-state index in [4.69, 9.17) is 10.5 Å². The van der Waals surface area contributed by atoms with Crippen LogP contribution in [0.4, 0.5) is 0 Å². The Balaban J connectivity index is 0.00000289. The van der Waals surface area contributed by atoms with E-state index in [1.807, 2.05) is 12.1 Å². The van der Waals surface area contributed by atoms with Crippen LogP contribution in [0.15, 0.2) is 24.5 Å². The molecule has 0 aliphatic heterocycles. The molecule has 102 valence electrons. The fraction of sp³-hybridized carbons (Fsp3) is 0.500. The standard InChI is InChI=1S/C12H19N3O2.ClH/c1-10(13)12(16)15(6-7-17-2)9-11-4-3-5-14-8-11;/h3-5,8,10H,6-7,9,13H2,1-2H3;1H/t10-;/m1./s1. The van der Waals surface area contributed by atoms with Crippen LogP contribution in [0, 0.1) is 0 Å². The van der Waals surface area contributed by atoms with E-state index in [0.29, 0.717) is 19.7 Å². The maximum absolute atomic E-state index is 11.9. The van der Waals surface area contributed by atoms with E-state index in [0.717, 1.165) is 5.56 Å². The highest BCUT2D eigenvalue weighted by molar-refractivity contribution is 5.85. The number of pyridine rings is 1. The van der Waals surface area contributed by atoms with E-state index in [9.17, 15) is 4.79 Å². The number of carbonyl (C=O) groups is 1. The number of nitrogens with zero attached hydrogens (tertiary/aromatic N) is 2. The minimum absolute atomic E-state index is 0. The van der Waals surface area contributed by atoms with Crippen molar-refractivity contribution < 1.29 is 9.53 Å². The van der Waals surface area contributed by atoms with Crippen LogP contribution in [0.1, 0.15) is 12.5 Å².